The molecule has 1 aliphatic heterocycles. The van der Waals surface area contributed by atoms with Gasteiger partial charge in [0.1, 0.15) is 0 Å². The molecule has 0 amide bonds. The lowest BCUT2D eigenvalue weighted by Gasteiger charge is -2.01. The maximum Gasteiger partial charge on any atom is 0.0638 e. The molecule has 0 aromatic rings. The summed E-state index contributed by atoms with van der Waals surface area (Å²) in [5.41, 5.74) is 0. The lowest BCUT2D eigenvalue weighted by molar-refractivity contribution is 0.594. The maximum atomic E-state index is 8.32. The summed E-state index contributed by atoms with van der Waals surface area (Å²) in [5, 5.41) is 11.6. The van der Waals surface area contributed by atoms with Gasteiger partial charge in [-0.25, -0.2) is 0 Å². The summed E-state index contributed by atoms with van der Waals surface area (Å²) < 4.78 is 0. The topological polar surface area (TPSA) is 35.8 Å². The molecule has 1 N–H and O–H groups in total. The third kappa shape index (κ3) is 1.69. The molecule has 0 aliphatic carbocycles. The Labute approximate surface area is 55.9 Å². The molecule has 1 unspecified atom stereocenters. The Bertz CT molecular complexity index is 125. The highest BCUT2D eigenvalue weighted by molar-refractivity contribution is 4.86. The molecule has 2 heteroatoms. The molecule has 0 radical (unpaired) electrons. The van der Waals surface area contributed by atoms with Gasteiger partial charge in [-0.15, -0.1) is 0 Å². The van der Waals surface area contributed by atoms with E-state index in [0.29, 0.717) is 12.5 Å². The molecule has 0 aromatic heterocycles. The number of hydrogen-bond donors (Lipinski definition) is 1. The molecule has 1 heterocycles. The Kier molecular flexibility index (Phi) is 2.07. The van der Waals surface area contributed by atoms with Crippen molar-refractivity contribution >= 4 is 0 Å². The van der Waals surface area contributed by atoms with E-state index in [9.17, 15) is 0 Å². The summed E-state index contributed by atoms with van der Waals surface area (Å²) in [7, 11) is 0. The molecule has 9 heavy (non-hydrogen) atoms. The summed E-state index contributed by atoms with van der Waals surface area (Å²) in [4.78, 5) is 0. The predicted molar refractivity (Wildman–Crippen MR) is 35.8 cm³/mol. The second-order valence-electron chi connectivity index (χ2n) is 2.81. The zero-order valence-electron chi connectivity index (χ0n) is 5.72. The van der Waals surface area contributed by atoms with Crippen molar-refractivity contribution in [2.75, 3.05) is 6.54 Å². The number of nitrogens with one attached hydrogen (secondary N) is 1. The summed E-state index contributed by atoms with van der Waals surface area (Å²) in [6.07, 6.45) is 1.85. The van der Waals surface area contributed by atoms with Crippen LogP contribution >= 0.6 is 0 Å². The third-order valence-electron chi connectivity index (χ3n) is 1.78. The second-order valence-corrected chi connectivity index (χ2v) is 2.81. The fraction of sp³-hybridized carbons (Fsp3) is 0.857. The van der Waals surface area contributed by atoms with Crippen LogP contribution in [0.5, 0.6) is 0 Å². The summed E-state index contributed by atoms with van der Waals surface area (Å²) >= 11 is 0. The van der Waals surface area contributed by atoms with Gasteiger partial charge in [0, 0.05) is 6.04 Å². The molecule has 2 nitrogen and oxygen atoms in total. The van der Waals surface area contributed by atoms with Crippen LogP contribution in [0.25, 0.3) is 0 Å². The van der Waals surface area contributed by atoms with Crippen molar-refractivity contribution < 1.29 is 0 Å². The molecule has 1 fully saturated rings. The van der Waals surface area contributed by atoms with Gasteiger partial charge in [0.2, 0.25) is 0 Å². The van der Waals surface area contributed by atoms with Crippen LogP contribution in [0.15, 0.2) is 0 Å². The average molecular weight is 124 g/mol. The van der Waals surface area contributed by atoms with Crippen LogP contribution in [0.3, 0.4) is 0 Å². The largest absolute Gasteiger partial charge is 0.313 e. The van der Waals surface area contributed by atoms with Gasteiger partial charge in [0.15, 0.2) is 0 Å². The van der Waals surface area contributed by atoms with Gasteiger partial charge in [0.05, 0.1) is 12.5 Å². The first-order valence-corrected chi connectivity index (χ1v) is 3.43. The van der Waals surface area contributed by atoms with Crippen molar-refractivity contribution in [3.8, 4) is 6.07 Å². The maximum absolute atomic E-state index is 8.32. The highest BCUT2D eigenvalue weighted by atomic mass is 14.9. The van der Waals surface area contributed by atoms with Gasteiger partial charge in [-0.05, 0) is 18.9 Å². The van der Waals surface area contributed by atoms with Crippen LogP contribution in [0.4, 0.5) is 0 Å². The van der Waals surface area contributed by atoms with Crippen molar-refractivity contribution in [1.29, 1.82) is 5.26 Å². The van der Waals surface area contributed by atoms with E-state index in [1.807, 2.05) is 0 Å². The first-order valence-electron chi connectivity index (χ1n) is 3.43. The van der Waals surface area contributed by atoms with E-state index in [-0.39, 0.29) is 0 Å². The minimum Gasteiger partial charge on any atom is -0.313 e. The first-order chi connectivity index (χ1) is 4.33. The highest BCUT2D eigenvalue weighted by Gasteiger charge is 2.19. The number of rotatable bonds is 1. The van der Waals surface area contributed by atoms with Crippen LogP contribution in [0.2, 0.25) is 0 Å². The Morgan fingerprint density at radius 1 is 1.78 bits per heavy atom. The number of nitriles is 1. The fourth-order valence-electron chi connectivity index (χ4n) is 1.29. The van der Waals surface area contributed by atoms with Gasteiger partial charge in [-0.1, -0.05) is 6.92 Å². The molecule has 2 atom stereocenters. The highest BCUT2D eigenvalue weighted by Crippen LogP contribution is 2.14. The SMILES string of the molecule is C[C@@H]1CNC(CC#N)C1. The van der Waals surface area contributed by atoms with E-state index < -0.39 is 0 Å². The fourth-order valence-corrected chi connectivity index (χ4v) is 1.29. The molecule has 50 valence electrons. The minimum atomic E-state index is 0.477. The molecule has 1 saturated heterocycles. The van der Waals surface area contributed by atoms with E-state index in [4.69, 9.17) is 5.26 Å². The zero-order valence-corrected chi connectivity index (χ0v) is 5.72. The standard InChI is InChI=1S/C7H12N2/c1-6-4-7(2-3-8)9-5-6/h6-7,9H,2,4-5H2,1H3/t6-,7?/m0/s1. The van der Waals surface area contributed by atoms with Crippen molar-refractivity contribution in [3.05, 3.63) is 0 Å². The van der Waals surface area contributed by atoms with Gasteiger partial charge in [-0.2, -0.15) is 5.26 Å². The molecule has 1 aliphatic rings. The average Bonchev–Trinajstić information content (AvgIpc) is 2.17. The van der Waals surface area contributed by atoms with Gasteiger partial charge in [-0.3, -0.25) is 0 Å². The molecule has 0 spiro atoms. The van der Waals surface area contributed by atoms with Crippen LogP contribution in [-0.4, -0.2) is 12.6 Å². The normalized spacial score (nSPS) is 34.2. The first kappa shape index (κ1) is 6.57. The van der Waals surface area contributed by atoms with Crippen molar-refractivity contribution in [2.45, 2.75) is 25.8 Å². The minimum absolute atomic E-state index is 0.477. The van der Waals surface area contributed by atoms with E-state index in [2.05, 4.69) is 18.3 Å². The zero-order chi connectivity index (χ0) is 6.69. The van der Waals surface area contributed by atoms with Crippen LogP contribution in [-0.2, 0) is 0 Å². The molecule has 0 bridgehead atoms. The van der Waals surface area contributed by atoms with Gasteiger partial charge >= 0.3 is 0 Å². The van der Waals surface area contributed by atoms with Crippen molar-refractivity contribution in [3.63, 3.8) is 0 Å². The number of hydrogen-bond acceptors (Lipinski definition) is 2. The quantitative estimate of drug-likeness (QED) is 0.563. The van der Waals surface area contributed by atoms with Gasteiger partial charge in [0.25, 0.3) is 0 Å². The van der Waals surface area contributed by atoms with Gasteiger partial charge < -0.3 is 5.32 Å². The second kappa shape index (κ2) is 2.84. The van der Waals surface area contributed by atoms with Crippen molar-refractivity contribution in [2.24, 2.45) is 5.92 Å². The Balaban J connectivity index is 2.24. The molecule has 0 aromatic carbocycles. The molecule has 0 saturated carbocycles. The summed E-state index contributed by atoms with van der Waals surface area (Å²) in [6, 6.07) is 2.64. The monoisotopic (exact) mass is 124 g/mol. The van der Waals surface area contributed by atoms with Crippen LogP contribution in [0.1, 0.15) is 19.8 Å². The molecule has 1 rings (SSSR count). The molecular formula is C7H12N2. The Morgan fingerprint density at radius 3 is 3.00 bits per heavy atom. The lowest BCUT2D eigenvalue weighted by atomic mass is 10.1. The van der Waals surface area contributed by atoms with E-state index in [0.717, 1.165) is 12.5 Å². The molecular weight excluding hydrogens is 112 g/mol. The van der Waals surface area contributed by atoms with Crippen LogP contribution < -0.4 is 5.32 Å². The van der Waals surface area contributed by atoms with E-state index in [1.165, 1.54) is 6.42 Å². The summed E-state index contributed by atoms with van der Waals surface area (Å²) in [5.74, 6) is 0.767. The number of nitrogens with zero attached hydrogens (tertiary/aromatic N) is 1. The Morgan fingerprint density at radius 2 is 2.56 bits per heavy atom. The lowest BCUT2D eigenvalue weighted by Crippen LogP contribution is -2.20. The summed E-state index contributed by atoms with van der Waals surface area (Å²) in [6.45, 7) is 3.30. The smallest absolute Gasteiger partial charge is 0.0638 e. The third-order valence-corrected chi connectivity index (χ3v) is 1.78. The Hall–Kier alpha value is -0.550. The van der Waals surface area contributed by atoms with Crippen LogP contribution in [0, 0.1) is 17.2 Å². The van der Waals surface area contributed by atoms with Crippen molar-refractivity contribution in [1.82, 2.24) is 5.32 Å². The van der Waals surface area contributed by atoms with E-state index >= 15 is 0 Å². The van der Waals surface area contributed by atoms with E-state index in [1.54, 1.807) is 0 Å². The predicted octanol–water partition coefficient (Wildman–Crippen LogP) is 0.898.